The number of aromatic nitrogens is 2. The van der Waals surface area contributed by atoms with Gasteiger partial charge < -0.3 is 10.2 Å². The fourth-order valence-corrected chi connectivity index (χ4v) is 4.56. The molecule has 1 N–H and O–H groups in total. The van der Waals surface area contributed by atoms with E-state index in [4.69, 9.17) is 0 Å². The van der Waals surface area contributed by atoms with Crippen molar-refractivity contribution in [3.8, 4) is 5.69 Å². The number of piperidine rings is 1. The number of halogens is 1. The summed E-state index contributed by atoms with van der Waals surface area (Å²) in [5, 5.41) is 2.93. The molecule has 0 spiro atoms. The Morgan fingerprint density at radius 2 is 1.68 bits per heavy atom. The van der Waals surface area contributed by atoms with Gasteiger partial charge in [0.15, 0.2) is 0 Å². The SMILES string of the molecule is CCn1c(=O)c(N2CCC(C(=O)NCc3ccc(F)cc3)CC2)c(C)n(-c2ccccc2)c1=O. The highest BCUT2D eigenvalue weighted by Crippen LogP contribution is 2.24. The van der Waals surface area contributed by atoms with Crippen molar-refractivity contribution in [3.63, 3.8) is 0 Å². The van der Waals surface area contributed by atoms with Gasteiger partial charge in [0.05, 0.1) is 11.4 Å². The second-order valence-electron chi connectivity index (χ2n) is 8.54. The molecule has 0 unspecified atom stereocenters. The standard InChI is InChI=1S/C26H29FN4O3/c1-3-30-25(33)23(18(2)31(26(30)34)22-7-5-4-6-8-22)29-15-13-20(14-16-29)24(32)28-17-19-9-11-21(27)12-10-19/h4-12,20H,3,13-17H2,1-2H3,(H,28,32). The molecule has 1 saturated heterocycles. The molecular weight excluding hydrogens is 435 g/mol. The lowest BCUT2D eigenvalue weighted by atomic mass is 9.95. The third kappa shape index (κ3) is 4.66. The van der Waals surface area contributed by atoms with Crippen molar-refractivity contribution in [2.75, 3.05) is 18.0 Å². The number of carbonyl (C=O) groups excluding carboxylic acids is 1. The van der Waals surface area contributed by atoms with Crippen LogP contribution in [0.5, 0.6) is 0 Å². The van der Waals surface area contributed by atoms with E-state index in [1.807, 2.05) is 35.2 Å². The monoisotopic (exact) mass is 464 g/mol. The molecule has 1 aliphatic heterocycles. The van der Waals surface area contributed by atoms with Gasteiger partial charge in [0.25, 0.3) is 5.56 Å². The smallest absolute Gasteiger partial charge is 0.335 e. The maximum Gasteiger partial charge on any atom is 0.335 e. The van der Waals surface area contributed by atoms with Crippen molar-refractivity contribution in [1.82, 2.24) is 14.5 Å². The number of nitrogens with zero attached hydrogens (tertiary/aromatic N) is 3. The number of anilines is 1. The van der Waals surface area contributed by atoms with E-state index in [-0.39, 0.29) is 35.4 Å². The number of benzene rings is 2. The van der Waals surface area contributed by atoms with Crippen molar-refractivity contribution < 1.29 is 9.18 Å². The molecule has 4 rings (SSSR count). The van der Waals surface area contributed by atoms with Crippen LogP contribution in [0.15, 0.2) is 64.2 Å². The lowest BCUT2D eigenvalue weighted by molar-refractivity contribution is -0.125. The Labute approximate surface area is 197 Å². The van der Waals surface area contributed by atoms with Crippen molar-refractivity contribution >= 4 is 11.6 Å². The van der Waals surface area contributed by atoms with Gasteiger partial charge in [-0.1, -0.05) is 30.3 Å². The fraction of sp³-hybridized carbons (Fsp3) is 0.346. The van der Waals surface area contributed by atoms with Crippen molar-refractivity contribution in [1.29, 1.82) is 0 Å². The van der Waals surface area contributed by atoms with Crippen LogP contribution in [0.25, 0.3) is 5.69 Å². The van der Waals surface area contributed by atoms with Gasteiger partial charge in [-0.05, 0) is 56.5 Å². The van der Waals surface area contributed by atoms with Gasteiger partial charge in [-0.15, -0.1) is 0 Å². The third-order valence-electron chi connectivity index (χ3n) is 6.44. The number of nitrogens with one attached hydrogen (secondary N) is 1. The van der Waals surface area contributed by atoms with Crippen LogP contribution in [-0.4, -0.2) is 28.1 Å². The molecule has 178 valence electrons. The highest BCUT2D eigenvalue weighted by molar-refractivity contribution is 5.79. The van der Waals surface area contributed by atoms with E-state index in [0.29, 0.717) is 49.5 Å². The normalized spacial score (nSPS) is 14.3. The summed E-state index contributed by atoms with van der Waals surface area (Å²) < 4.78 is 15.9. The molecule has 2 aromatic carbocycles. The Balaban J connectivity index is 1.52. The Morgan fingerprint density at radius 3 is 2.29 bits per heavy atom. The number of hydrogen-bond donors (Lipinski definition) is 1. The largest absolute Gasteiger partial charge is 0.366 e. The summed E-state index contributed by atoms with van der Waals surface area (Å²) in [7, 11) is 0. The molecule has 0 bridgehead atoms. The van der Waals surface area contributed by atoms with Crippen LogP contribution in [-0.2, 0) is 17.9 Å². The highest BCUT2D eigenvalue weighted by atomic mass is 19.1. The van der Waals surface area contributed by atoms with Crippen molar-refractivity contribution in [3.05, 3.63) is 92.5 Å². The molecule has 0 atom stereocenters. The maximum absolute atomic E-state index is 13.2. The van der Waals surface area contributed by atoms with E-state index in [1.165, 1.54) is 16.7 Å². The number of carbonyl (C=O) groups is 1. The molecule has 7 nitrogen and oxygen atoms in total. The van der Waals surface area contributed by atoms with E-state index in [2.05, 4.69) is 5.32 Å². The van der Waals surface area contributed by atoms with Gasteiger partial charge in [-0.25, -0.2) is 9.18 Å². The van der Waals surface area contributed by atoms with E-state index < -0.39 is 0 Å². The Hall–Kier alpha value is -3.68. The Bertz CT molecular complexity index is 1270. The van der Waals surface area contributed by atoms with Gasteiger partial charge in [0.2, 0.25) is 5.91 Å². The summed E-state index contributed by atoms with van der Waals surface area (Å²) in [6.45, 7) is 5.30. The molecule has 0 saturated carbocycles. The first-order valence-corrected chi connectivity index (χ1v) is 11.6. The molecule has 8 heteroatoms. The van der Waals surface area contributed by atoms with Crippen LogP contribution in [0.4, 0.5) is 10.1 Å². The number of rotatable bonds is 6. The fourth-order valence-electron chi connectivity index (χ4n) is 4.56. The minimum Gasteiger partial charge on any atom is -0.366 e. The minimum absolute atomic E-state index is 0.0408. The highest BCUT2D eigenvalue weighted by Gasteiger charge is 2.29. The molecule has 1 aliphatic rings. The van der Waals surface area contributed by atoms with Crippen LogP contribution in [0, 0.1) is 18.7 Å². The molecule has 1 fully saturated rings. The van der Waals surface area contributed by atoms with Gasteiger partial charge in [0.1, 0.15) is 11.5 Å². The van der Waals surface area contributed by atoms with Gasteiger partial charge in [-0.2, -0.15) is 0 Å². The maximum atomic E-state index is 13.2. The molecule has 0 aliphatic carbocycles. The summed E-state index contributed by atoms with van der Waals surface area (Å²) in [5.74, 6) is -0.509. The molecule has 34 heavy (non-hydrogen) atoms. The number of para-hydroxylation sites is 1. The third-order valence-corrected chi connectivity index (χ3v) is 6.44. The van der Waals surface area contributed by atoms with Gasteiger partial charge >= 0.3 is 5.69 Å². The minimum atomic E-state index is -0.352. The molecular formula is C26H29FN4O3. The van der Waals surface area contributed by atoms with Gasteiger partial charge in [-0.3, -0.25) is 18.7 Å². The quantitative estimate of drug-likeness (QED) is 0.609. The second-order valence-corrected chi connectivity index (χ2v) is 8.54. The molecule has 0 radical (unpaired) electrons. The molecule has 1 amide bonds. The topological polar surface area (TPSA) is 76.3 Å². The lowest BCUT2D eigenvalue weighted by Crippen LogP contribution is -2.47. The number of amides is 1. The zero-order valence-electron chi connectivity index (χ0n) is 19.5. The molecule has 3 aromatic rings. The predicted octanol–water partition coefficient (Wildman–Crippen LogP) is 3.00. The van der Waals surface area contributed by atoms with E-state index >= 15 is 0 Å². The predicted molar refractivity (Wildman–Crippen MR) is 130 cm³/mol. The van der Waals surface area contributed by atoms with Gasteiger partial charge in [0, 0.05) is 32.1 Å². The Morgan fingerprint density at radius 1 is 1.03 bits per heavy atom. The zero-order valence-corrected chi connectivity index (χ0v) is 19.5. The van der Waals surface area contributed by atoms with E-state index in [0.717, 1.165) is 5.56 Å². The molecule has 1 aromatic heterocycles. The van der Waals surface area contributed by atoms with Crippen molar-refractivity contribution in [2.24, 2.45) is 5.92 Å². The summed E-state index contributed by atoms with van der Waals surface area (Å²) in [5.41, 5.74) is 2.02. The number of hydrogen-bond acceptors (Lipinski definition) is 4. The average molecular weight is 465 g/mol. The van der Waals surface area contributed by atoms with Crippen LogP contribution >= 0.6 is 0 Å². The van der Waals surface area contributed by atoms with Crippen LogP contribution in [0.1, 0.15) is 31.0 Å². The van der Waals surface area contributed by atoms with Crippen LogP contribution in [0.2, 0.25) is 0 Å². The second kappa shape index (κ2) is 10.1. The lowest BCUT2D eigenvalue weighted by Gasteiger charge is -2.34. The summed E-state index contributed by atoms with van der Waals surface area (Å²) in [6.07, 6.45) is 1.20. The van der Waals surface area contributed by atoms with E-state index in [9.17, 15) is 18.8 Å². The van der Waals surface area contributed by atoms with Crippen molar-refractivity contribution in [2.45, 2.75) is 39.8 Å². The van der Waals surface area contributed by atoms with Crippen LogP contribution in [0.3, 0.4) is 0 Å². The first-order chi connectivity index (χ1) is 16.4. The first-order valence-electron chi connectivity index (χ1n) is 11.6. The summed E-state index contributed by atoms with van der Waals surface area (Å²) in [6, 6.07) is 15.4. The molecule has 2 heterocycles. The average Bonchev–Trinajstić information content (AvgIpc) is 2.85. The first kappa shape index (κ1) is 23.5. The Kier molecular flexibility index (Phi) is 6.95. The van der Waals surface area contributed by atoms with Crippen LogP contribution < -0.4 is 21.5 Å². The van der Waals surface area contributed by atoms with E-state index in [1.54, 1.807) is 30.5 Å². The summed E-state index contributed by atoms with van der Waals surface area (Å²) in [4.78, 5) is 41.0. The zero-order chi connectivity index (χ0) is 24.2. The summed E-state index contributed by atoms with van der Waals surface area (Å²) >= 11 is 0.